The number of rotatable bonds is 2. The summed E-state index contributed by atoms with van der Waals surface area (Å²) in [5.74, 6) is 0.204. The summed E-state index contributed by atoms with van der Waals surface area (Å²) < 4.78 is 0. The molecule has 5 nitrogen and oxygen atoms in total. The van der Waals surface area contributed by atoms with E-state index in [9.17, 15) is 0 Å². The van der Waals surface area contributed by atoms with E-state index in [1.165, 1.54) is 0 Å². The van der Waals surface area contributed by atoms with Crippen molar-refractivity contribution >= 4 is 46.3 Å². The number of benzene rings is 1. The fraction of sp³-hybridized carbons (Fsp3) is 0. The maximum atomic E-state index is 8.97. The van der Waals surface area contributed by atoms with Gasteiger partial charge in [-0.2, -0.15) is 10.2 Å². The summed E-state index contributed by atoms with van der Waals surface area (Å²) in [5.41, 5.74) is 0.855. The topological polar surface area (TPSA) is 74.5 Å². The van der Waals surface area contributed by atoms with Gasteiger partial charge in [0.2, 0.25) is 5.28 Å². The average molecular weight is 301 g/mol. The molecule has 1 aromatic heterocycles. The van der Waals surface area contributed by atoms with Crippen LogP contribution in [0.5, 0.6) is 0 Å². The maximum Gasteiger partial charge on any atom is 0.245 e. The number of nitrogens with zero attached hydrogens (tertiary/aromatic N) is 4. The molecule has 0 amide bonds. The van der Waals surface area contributed by atoms with Gasteiger partial charge in [0.15, 0.2) is 11.0 Å². The predicted octanol–water partition coefficient (Wildman–Crippen LogP) is 3.45. The largest absolute Gasteiger partial charge is 0.336 e. The molecule has 0 aliphatic heterocycles. The van der Waals surface area contributed by atoms with Crippen molar-refractivity contribution in [3.63, 3.8) is 0 Å². The molecular weight excluding hydrogens is 297 g/mol. The van der Waals surface area contributed by atoms with Crippen molar-refractivity contribution in [1.29, 1.82) is 5.26 Å². The van der Waals surface area contributed by atoms with E-state index >= 15 is 0 Å². The summed E-state index contributed by atoms with van der Waals surface area (Å²) >= 11 is 17.3. The Hall–Kier alpha value is -1.61. The lowest BCUT2D eigenvalue weighted by molar-refractivity contribution is 0.974. The van der Waals surface area contributed by atoms with E-state index in [0.717, 1.165) is 0 Å². The van der Waals surface area contributed by atoms with Crippen LogP contribution in [0.3, 0.4) is 0 Å². The minimum Gasteiger partial charge on any atom is -0.336 e. The van der Waals surface area contributed by atoms with E-state index in [1.807, 2.05) is 6.07 Å². The zero-order chi connectivity index (χ0) is 13.1. The molecule has 8 heteroatoms. The van der Waals surface area contributed by atoms with E-state index in [1.54, 1.807) is 18.2 Å². The second kappa shape index (κ2) is 5.36. The van der Waals surface area contributed by atoms with Crippen molar-refractivity contribution < 1.29 is 0 Å². The molecule has 0 spiro atoms. The molecule has 0 atom stereocenters. The standard InChI is InChI=1S/C10H4Cl3N5/c11-6-2-1-5(4-14)7(3-6)15-9-8(12)17-18-10(13)16-9/h1-3H,(H,15,16,18). The minimum absolute atomic E-state index is 0.0447. The van der Waals surface area contributed by atoms with Gasteiger partial charge in [-0.25, -0.2) is 0 Å². The quantitative estimate of drug-likeness (QED) is 0.919. The molecule has 0 fully saturated rings. The Morgan fingerprint density at radius 2 is 1.94 bits per heavy atom. The lowest BCUT2D eigenvalue weighted by Gasteiger charge is -2.08. The molecular formula is C10H4Cl3N5. The highest BCUT2D eigenvalue weighted by Crippen LogP contribution is 2.26. The lowest BCUT2D eigenvalue weighted by Crippen LogP contribution is -2.00. The van der Waals surface area contributed by atoms with Gasteiger partial charge in [0.25, 0.3) is 0 Å². The first-order valence-corrected chi connectivity index (χ1v) is 5.76. The van der Waals surface area contributed by atoms with E-state index in [0.29, 0.717) is 16.3 Å². The summed E-state index contributed by atoms with van der Waals surface area (Å²) in [5, 5.41) is 19.3. The Bertz CT molecular complexity index is 638. The Balaban J connectivity index is 2.43. The van der Waals surface area contributed by atoms with Crippen LogP contribution in [-0.2, 0) is 0 Å². The van der Waals surface area contributed by atoms with Gasteiger partial charge in [-0.1, -0.05) is 23.2 Å². The first-order chi connectivity index (χ1) is 8.60. The third-order valence-electron chi connectivity index (χ3n) is 1.97. The lowest BCUT2D eigenvalue weighted by atomic mass is 10.2. The second-order valence-electron chi connectivity index (χ2n) is 3.15. The molecule has 0 saturated carbocycles. The number of nitriles is 1. The van der Waals surface area contributed by atoms with Gasteiger partial charge in [-0.3, -0.25) is 0 Å². The SMILES string of the molecule is N#Cc1ccc(Cl)cc1Nc1nc(Cl)nnc1Cl. The van der Waals surface area contributed by atoms with Crippen LogP contribution in [0.1, 0.15) is 5.56 Å². The number of nitrogens with one attached hydrogen (secondary N) is 1. The third-order valence-corrected chi connectivity index (χ3v) is 2.62. The molecule has 18 heavy (non-hydrogen) atoms. The van der Waals surface area contributed by atoms with Gasteiger partial charge in [-0.05, 0) is 29.8 Å². The first kappa shape index (κ1) is 12.8. The molecule has 1 heterocycles. The first-order valence-electron chi connectivity index (χ1n) is 4.62. The van der Waals surface area contributed by atoms with Crippen LogP contribution in [0, 0.1) is 11.3 Å². The molecule has 90 valence electrons. The van der Waals surface area contributed by atoms with Gasteiger partial charge in [0, 0.05) is 5.02 Å². The van der Waals surface area contributed by atoms with Crippen LogP contribution in [0.25, 0.3) is 0 Å². The van der Waals surface area contributed by atoms with E-state index < -0.39 is 0 Å². The van der Waals surface area contributed by atoms with Gasteiger partial charge >= 0.3 is 0 Å². The van der Waals surface area contributed by atoms with Crippen LogP contribution < -0.4 is 5.32 Å². The molecule has 0 aliphatic rings. The predicted molar refractivity (Wildman–Crippen MR) is 69.3 cm³/mol. The molecule has 0 saturated heterocycles. The fourth-order valence-electron chi connectivity index (χ4n) is 1.22. The van der Waals surface area contributed by atoms with Crippen molar-refractivity contribution in [2.45, 2.75) is 0 Å². The van der Waals surface area contributed by atoms with E-state index in [4.69, 9.17) is 40.1 Å². The van der Waals surface area contributed by atoms with Gasteiger partial charge in [-0.15, -0.1) is 10.2 Å². The second-order valence-corrected chi connectivity index (χ2v) is 4.28. The number of anilines is 2. The molecule has 0 unspecified atom stereocenters. The summed E-state index contributed by atoms with van der Waals surface area (Å²) in [6.07, 6.45) is 0. The molecule has 1 N–H and O–H groups in total. The zero-order valence-electron chi connectivity index (χ0n) is 8.65. The summed E-state index contributed by atoms with van der Waals surface area (Å²) in [4.78, 5) is 3.87. The molecule has 0 radical (unpaired) electrons. The maximum absolute atomic E-state index is 8.97. The van der Waals surface area contributed by atoms with Crippen LogP contribution in [0.15, 0.2) is 18.2 Å². The van der Waals surface area contributed by atoms with E-state index in [-0.39, 0.29) is 16.3 Å². The number of hydrogen-bond acceptors (Lipinski definition) is 5. The monoisotopic (exact) mass is 299 g/mol. The average Bonchev–Trinajstić information content (AvgIpc) is 2.34. The minimum atomic E-state index is -0.0533. The molecule has 1 aromatic carbocycles. The highest BCUT2D eigenvalue weighted by molar-refractivity contribution is 6.32. The van der Waals surface area contributed by atoms with Gasteiger partial charge < -0.3 is 5.32 Å². The number of halogens is 3. The Morgan fingerprint density at radius 3 is 2.67 bits per heavy atom. The van der Waals surface area contributed by atoms with Crippen LogP contribution in [0.2, 0.25) is 15.5 Å². The normalized spacial score (nSPS) is 9.89. The van der Waals surface area contributed by atoms with Crippen molar-refractivity contribution in [1.82, 2.24) is 15.2 Å². The van der Waals surface area contributed by atoms with Crippen LogP contribution in [0.4, 0.5) is 11.5 Å². The van der Waals surface area contributed by atoms with Crippen LogP contribution >= 0.6 is 34.8 Å². The number of aromatic nitrogens is 3. The highest BCUT2D eigenvalue weighted by atomic mass is 35.5. The van der Waals surface area contributed by atoms with Crippen molar-refractivity contribution in [3.8, 4) is 6.07 Å². The zero-order valence-corrected chi connectivity index (χ0v) is 10.9. The third kappa shape index (κ3) is 2.79. The molecule has 0 bridgehead atoms. The highest BCUT2D eigenvalue weighted by Gasteiger charge is 2.09. The van der Waals surface area contributed by atoms with Crippen LogP contribution in [-0.4, -0.2) is 15.2 Å². The smallest absolute Gasteiger partial charge is 0.245 e. The fourth-order valence-corrected chi connectivity index (χ4v) is 1.64. The van der Waals surface area contributed by atoms with Crippen molar-refractivity contribution in [3.05, 3.63) is 39.2 Å². The van der Waals surface area contributed by atoms with E-state index in [2.05, 4.69) is 20.5 Å². The summed E-state index contributed by atoms with van der Waals surface area (Å²) in [6.45, 7) is 0. The van der Waals surface area contributed by atoms with Crippen molar-refractivity contribution in [2.75, 3.05) is 5.32 Å². The summed E-state index contributed by atoms with van der Waals surface area (Å²) in [6, 6.07) is 6.78. The Kier molecular flexibility index (Phi) is 3.82. The Morgan fingerprint density at radius 1 is 1.17 bits per heavy atom. The molecule has 0 aliphatic carbocycles. The molecule has 2 aromatic rings. The van der Waals surface area contributed by atoms with Gasteiger partial charge in [0.05, 0.1) is 11.3 Å². The van der Waals surface area contributed by atoms with Crippen molar-refractivity contribution in [2.24, 2.45) is 0 Å². The number of hydrogen-bond donors (Lipinski definition) is 1. The molecule has 2 rings (SSSR count). The summed E-state index contributed by atoms with van der Waals surface area (Å²) in [7, 11) is 0. The Labute approximate surface area is 117 Å². The van der Waals surface area contributed by atoms with Gasteiger partial charge in [0.1, 0.15) is 6.07 Å².